The van der Waals surface area contributed by atoms with Crippen molar-refractivity contribution < 1.29 is 9.59 Å². The van der Waals surface area contributed by atoms with Crippen LogP contribution >= 0.6 is 0 Å². The zero-order chi connectivity index (χ0) is 23.8. The van der Waals surface area contributed by atoms with Gasteiger partial charge in [0.2, 0.25) is 5.91 Å². The van der Waals surface area contributed by atoms with Gasteiger partial charge >= 0.3 is 0 Å². The lowest BCUT2D eigenvalue weighted by atomic mass is 9.51. The summed E-state index contributed by atoms with van der Waals surface area (Å²) < 4.78 is 1.81. The van der Waals surface area contributed by atoms with Gasteiger partial charge in [0, 0.05) is 38.4 Å². The highest BCUT2D eigenvalue weighted by Crippen LogP contribution is 2.55. The molecule has 2 aromatic rings. The number of fused-ring (bicyclic) bond motifs is 1. The zero-order valence-electron chi connectivity index (χ0n) is 20.7. The molecule has 3 heterocycles. The van der Waals surface area contributed by atoms with Crippen molar-refractivity contribution in [2.45, 2.75) is 59.9 Å². The number of piperazine rings is 1. The van der Waals surface area contributed by atoms with Crippen LogP contribution in [0, 0.1) is 23.2 Å². The molecule has 1 saturated heterocycles. The SMILES string of the molecule is CC[C@@H]1C[C@H]([C@@H](C)CNC(=O)c2cccc3nc(CC(=O)N4CCN[C@@H](C)C4)cn23)C1(C)C. The molecule has 1 saturated carbocycles. The fourth-order valence-electron chi connectivity index (χ4n) is 5.96. The first-order chi connectivity index (χ1) is 15.7. The highest BCUT2D eigenvalue weighted by atomic mass is 16.2. The van der Waals surface area contributed by atoms with Crippen molar-refractivity contribution in [1.29, 1.82) is 0 Å². The second kappa shape index (κ2) is 9.45. The fourth-order valence-corrected chi connectivity index (χ4v) is 5.96. The van der Waals surface area contributed by atoms with Gasteiger partial charge in [-0.1, -0.05) is 40.2 Å². The number of rotatable bonds is 7. The number of hydrogen-bond donors (Lipinski definition) is 2. The molecule has 0 unspecified atom stereocenters. The largest absolute Gasteiger partial charge is 0.350 e. The summed E-state index contributed by atoms with van der Waals surface area (Å²) in [6, 6.07) is 5.85. The van der Waals surface area contributed by atoms with E-state index in [9.17, 15) is 9.59 Å². The summed E-state index contributed by atoms with van der Waals surface area (Å²) in [5.74, 6) is 1.84. The predicted molar refractivity (Wildman–Crippen MR) is 130 cm³/mol. The first-order valence-electron chi connectivity index (χ1n) is 12.5. The topological polar surface area (TPSA) is 78.7 Å². The van der Waals surface area contributed by atoms with Crippen LogP contribution in [0.15, 0.2) is 24.4 Å². The minimum atomic E-state index is -0.0946. The van der Waals surface area contributed by atoms with Gasteiger partial charge in [0.1, 0.15) is 11.3 Å². The van der Waals surface area contributed by atoms with E-state index >= 15 is 0 Å². The van der Waals surface area contributed by atoms with Crippen LogP contribution in [0.1, 0.15) is 63.6 Å². The second-order valence-electron chi connectivity index (χ2n) is 10.7. The lowest BCUT2D eigenvalue weighted by molar-refractivity contribution is -0.131. The van der Waals surface area contributed by atoms with Crippen LogP contribution in [0.5, 0.6) is 0 Å². The number of carbonyl (C=O) groups is 2. The molecule has 2 fully saturated rings. The highest BCUT2D eigenvalue weighted by molar-refractivity contribution is 5.93. The Kier molecular flexibility index (Phi) is 6.80. The Balaban J connectivity index is 1.40. The zero-order valence-corrected chi connectivity index (χ0v) is 20.7. The maximum atomic E-state index is 13.0. The van der Waals surface area contributed by atoms with E-state index < -0.39 is 0 Å². The molecule has 0 aromatic carbocycles. The second-order valence-corrected chi connectivity index (χ2v) is 10.7. The van der Waals surface area contributed by atoms with E-state index in [-0.39, 0.29) is 18.2 Å². The van der Waals surface area contributed by atoms with Crippen LogP contribution in [0.4, 0.5) is 0 Å². The predicted octanol–water partition coefficient (Wildman–Crippen LogP) is 3.14. The number of nitrogens with one attached hydrogen (secondary N) is 2. The van der Waals surface area contributed by atoms with Gasteiger partial charge in [-0.3, -0.25) is 14.0 Å². The van der Waals surface area contributed by atoms with E-state index in [1.807, 2.05) is 33.7 Å². The molecule has 33 heavy (non-hydrogen) atoms. The summed E-state index contributed by atoms with van der Waals surface area (Å²) in [6.45, 7) is 14.3. The molecule has 0 spiro atoms. The van der Waals surface area contributed by atoms with Crippen LogP contribution < -0.4 is 10.6 Å². The third-order valence-electron chi connectivity index (χ3n) is 8.14. The molecule has 2 aliphatic rings. The smallest absolute Gasteiger partial charge is 0.268 e. The summed E-state index contributed by atoms with van der Waals surface area (Å²) in [7, 11) is 0. The van der Waals surface area contributed by atoms with Gasteiger partial charge in [0.15, 0.2) is 0 Å². The van der Waals surface area contributed by atoms with E-state index in [2.05, 4.69) is 50.2 Å². The quantitative estimate of drug-likeness (QED) is 0.675. The van der Waals surface area contributed by atoms with E-state index in [0.29, 0.717) is 46.9 Å². The summed E-state index contributed by atoms with van der Waals surface area (Å²) in [6.07, 6.45) is 4.56. The molecule has 2 amide bonds. The van der Waals surface area contributed by atoms with E-state index in [4.69, 9.17) is 0 Å². The van der Waals surface area contributed by atoms with Gasteiger partial charge in [-0.25, -0.2) is 4.98 Å². The maximum absolute atomic E-state index is 13.0. The van der Waals surface area contributed by atoms with Gasteiger partial charge in [0.05, 0.1) is 12.1 Å². The number of nitrogens with zero attached hydrogens (tertiary/aromatic N) is 3. The maximum Gasteiger partial charge on any atom is 0.268 e. The van der Waals surface area contributed by atoms with Crippen molar-refractivity contribution >= 4 is 17.5 Å². The lowest BCUT2D eigenvalue weighted by Gasteiger charge is -2.55. The van der Waals surface area contributed by atoms with Crippen molar-refractivity contribution in [3.8, 4) is 0 Å². The monoisotopic (exact) mass is 453 g/mol. The Morgan fingerprint density at radius 3 is 2.82 bits per heavy atom. The van der Waals surface area contributed by atoms with Crippen molar-refractivity contribution in [1.82, 2.24) is 24.9 Å². The number of pyridine rings is 1. The molecule has 4 atom stereocenters. The number of amides is 2. The molecular weight excluding hydrogens is 414 g/mol. The molecule has 2 aromatic heterocycles. The van der Waals surface area contributed by atoms with Gasteiger partial charge in [-0.15, -0.1) is 0 Å². The molecule has 180 valence electrons. The first kappa shape index (κ1) is 23.7. The molecule has 4 rings (SSSR count). The molecule has 7 heteroatoms. The third-order valence-corrected chi connectivity index (χ3v) is 8.14. The molecule has 1 aliphatic heterocycles. The van der Waals surface area contributed by atoms with E-state index in [0.717, 1.165) is 25.6 Å². The van der Waals surface area contributed by atoms with Crippen LogP contribution in [0.2, 0.25) is 0 Å². The van der Waals surface area contributed by atoms with Gasteiger partial charge in [-0.2, -0.15) is 0 Å². The minimum Gasteiger partial charge on any atom is -0.350 e. The Morgan fingerprint density at radius 1 is 1.33 bits per heavy atom. The number of carbonyl (C=O) groups excluding carboxylic acids is 2. The van der Waals surface area contributed by atoms with Crippen molar-refractivity contribution in [3.05, 3.63) is 35.8 Å². The molecule has 7 nitrogen and oxygen atoms in total. The Morgan fingerprint density at radius 2 is 2.12 bits per heavy atom. The Labute approximate surface area is 197 Å². The van der Waals surface area contributed by atoms with Gasteiger partial charge in [0.25, 0.3) is 5.91 Å². The Hall–Kier alpha value is -2.41. The van der Waals surface area contributed by atoms with Gasteiger partial charge in [-0.05, 0) is 48.6 Å². The lowest BCUT2D eigenvalue weighted by Crippen LogP contribution is -2.51. The molecule has 1 aliphatic carbocycles. The van der Waals surface area contributed by atoms with Crippen LogP contribution in [0.25, 0.3) is 5.65 Å². The van der Waals surface area contributed by atoms with Crippen molar-refractivity contribution in [3.63, 3.8) is 0 Å². The fraction of sp³-hybridized carbons (Fsp3) is 0.654. The molecular formula is C26H39N5O2. The van der Waals surface area contributed by atoms with Crippen LogP contribution in [0.3, 0.4) is 0 Å². The average molecular weight is 454 g/mol. The number of hydrogen-bond acceptors (Lipinski definition) is 4. The average Bonchev–Trinajstić information content (AvgIpc) is 3.19. The number of aromatic nitrogens is 2. The first-order valence-corrected chi connectivity index (χ1v) is 12.5. The third kappa shape index (κ3) is 4.79. The van der Waals surface area contributed by atoms with Gasteiger partial charge < -0.3 is 15.5 Å². The normalized spacial score (nSPS) is 25.5. The van der Waals surface area contributed by atoms with Crippen LogP contribution in [-0.2, 0) is 11.2 Å². The highest BCUT2D eigenvalue weighted by Gasteiger charge is 2.48. The van der Waals surface area contributed by atoms with Crippen molar-refractivity contribution in [2.75, 3.05) is 26.2 Å². The number of imidazole rings is 1. The Bertz CT molecular complexity index is 1010. The summed E-state index contributed by atoms with van der Waals surface area (Å²) in [4.78, 5) is 32.3. The molecule has 2 N–H and O–H groups in total. The summed E-state index contributed by atoms with van der Waals surface area (Å²) in [5, 5.41) is 6.51. The van der Waals surface area contributed by atoms with E-state index in [1.54, 1.807) is 0 Å². The summed E-state index contributed by atoms with van der Waals surface area (Å²) in [5.41, 5.74) is 2.29. The van der Waals surface area contributed by atoms with Crippen molar-refractivity contribution in [2.24, 2.45) is 23.2 Å². The van der Waals surface area contributed by atoms with Crippen LogP contribution in [-0.4, -0.2) is 58.3 Å². The standard InChI is InChI=1S/C26H39N5O2/c1-6-19-12-21(26(19,4)5)17(2)14-28-25(33)22-8-7-9-23-29-20(16-31(22)23)13-24(32)30-11-10-27-18(3)15-30/h7-9,16-19,21,27H,6,10-15H2,1-5H3,(H,28,33)/t17-,18-,19+,21+/m0/s1. The van der Waals surface area contributed by atoms with E-state index in [1.165, 1.54) is 12.8 Å². The summed E-state index contributed by atoms with van der Waals surface area (Å²) >= 11 is 0. The minimum absolute atomic E-state index is 0.0834. The molecule has 0 radical (unpaired) electrons. The molecule has 0 bridgehead atoms.